The number of amides is 2. The van der Waals surface area contributed by atoms with Gasteiger partial charge in [0.25, 0.3) is 0 Å². The molecule has 34 heavy (non-hydrogen) atoms. The van der Waals surface area contributed by atoms with E-state index in [1.54, 1.807) is 6.92 Å². The third kappa shape index (κ3) is 6.31. The Labute approximate surface area is 200 Å². The third-order valence-corrected chi connectivity index (χ3v) is 7.16. The Morgan fingerprint density at radius 1 is 1.24 bits per heavy atom. The second kappa shape index (κ2) is 11.1. The van der Waals surface area contributed by atoms with Crippen molar-refractivity contribution in [3.05, 3.63) is 29.8 Å². The van der Waals surface area contributed by atoms with E-state index in [1.165, 1.54) is 12.5 Å². The molecule has 0 bridgehead atoms. The van der Waals surface area contributed by atoms with Crippen LogP contribution in [-0.4, -0.2) is 65.2 Å². The van der Waals surface area contributed by atoms with E-state index in [-0.39, 0.29) is 43.7 Å². The highest BCUT2D eigenvalue weighted by Crippen LogP contribution is 2.30. The molecule has 1 saturated carbocycles. The molecule has 3 rings (SSSR count). The van der Waals surface area contributed by atoms with Crippen LogP contribution >= 0.6 is 0 Å². The van der Waals surface area contributed by atoms with Crippen molar-refractivity contribution in [1.29, 1.82) is 0 Å². The number of carbonyl (C=O) groups is 2. The zero-order valence-corrected chi connectivity index (χ0v) is 20.4. The quantitative estimate of drug-likeness (QED) is 0.531. The van der Waals surface area contributed by atoms with Crippen molar-refractivity contribution < 1.29 is 23.5 Å². The summed E-state index contributed by atoms with van der Waals surface area (Å²) in [7, 11) is 0. The Hall–Kier alpha value is -2.10. The minimum Gasteiger partial charge on any atom is -0.391 e. The molecule has 1 aromatic carbocycles. The van der Waals surface area contributed by atoms with Gasteiger partial charge in [0, 0.05) is 36.6 Å². The first-order valence-corrected chi connectivity index (χ1v) is 12.2. The minimum absolute atomic E-state index is 0.0748. The molecule has 1 saturated heterocycles. The van der Waals surface area contributed by atoms with E-state index in [0.29, 0.717) is 0 Å². The van der Waals surface area contributed by atoms with Crippen LogP contribution in [0, 0.1) is 17.6 Å². The molecule has 2 fully saturated rings. The lowest BCUT2D eigenvalue weighted by molar-refractivity contribution is -0.126. The second-order valence-electron chi connectivity index (χ2n) is 10.5. The zero-order chi connectivity index (χ0) is 25.0. The van der Waals surface area contributed by atoms with Crippen LogP contribution in [0.15, 0.2) is 18.2 Å². The molecule has 0 unspecified atom stereocenters. The largest absolute Gasteiger partial charge is 0.391 e. The van der Waals surface area contributed by atoms with Gasteiger partial charge < -0.3 is 21.1 Å². The number of rotatable bonds is 8. The molecule has 0 aromatic heterocycles. The van der Waals surface area contributed by atoms with E-state index in [1.807, 2.05) is 18.7 Å². The normalized spacial score (nSPS) is 22.3. The minimum atomic E-state index is -0.931. The molecule has 1 heterocycles. The van der Waals surface area contributed by atoms with Gasteiger partial charge in [0.15, 0.2) is 0 Å². The van der Waals surface area contributed by atoms with E-state index >= 15 is 0 Å². The number of benzene rings is 1. The van der Waals surface area contributed by atoms with Crippen LogP contribution in [0.2, 0.25) is 0 Å². The van der Waals surface area contributed by atoms with Gasteiger partial charge in [-0.25, -0.2) is 8.78 Å². The van der Waals surface area contributed by atoms with Gasteiger partial charge in [-0.15, -0.1) is 0 Å². The molecule has 190 valence electrons. The van der Waals surface area contributed by atoms with E-state index < -0.39 is 41.1 Å². The summed E-state index contributed by atoms with van der Waals surface area (Å²) in [5, 5.41) is 13.8. The highest BCUT2D eigenvalue weighted by atomic mass is 19.1. The fraction of sp³-hybridized carbons (Fsp3) is 0.680. The molecule has 4 N–H and O–H groups in total. The Morgan fingerprint density at radius 3 is 2.47 bits per heavy atom. The molecular weight excluding hydrogens is 442 g/mol. The van der Waals surface area contributed by atoms with Crippen LogP contribution in [0.25, 0.3) is 0 Å². The summed E-state index contributed by atoms with van der Waals surface area (Å²) in [5.74, 6) is -2.48. The lowest BCUT2D eigenvalue weighted by Crippen LogP contribution is -2.64. The standard InChI is InChI=1S/C25H38F2N4O3/c1-16(24(34)29-17-8-5-4-6-9-17)12-21(32)20(28)13-30-14-22(33)31(15-25(30,2)3)23-18(26)10-7-11-19(23)27/h7,10-11,16-17,20-21,32H,4-6,8-9,12-15,28H2,1-3H3,(H,29,34)/t16-,20+,21+/m1/s1. The molecule has 3 atom stereocenters. The van der Waals surface area contributed by atoms with Gasteiger partial charge in [-0.2, -0.15) is 0 Å². The molecule has 1 aliphatic carbocycles. The van der Waals surface area contributed by atoms with E-state index in [0.717, 1.165) is 42.7 Å². The molecule has 9 heteroatoms. The van der Waals surface area contributed by atoms with Crippen molar-refractivity contribution in [3.8, 4) is 0 Å². The Bertz CT molecular complexity index is 855. The number of nitrogens with zero attached hydrogens (tertiary/aromatic N) is 2. The average Bonchev–Trinajstić information content (AvgIpc) is 2.77. The number of hydrogen-bond donors (Lipinski definition) is 3. The number of carbonyl (C=O) groups excluding carboxylic acids is 2. The smallest absolute Gasteiger partial charge is 0.241 e. The van der Waals surface area contributed by atoms with Crippen LogP contribution in [0.3, 0.4) is 0 Å². The highest BCUT2D eigenvalue weighted by molar-refractivity contribution is 5.96. The number of aliphatic hydroxyl groups is 1. The summed E-state index contributed by atoms with van der Waals surface area (Å²) in [4.78, 5) is 28.3. The fourth-order valence-corrected chi connectivity index (χ4v) is 4.91. The number of anilines is 1. The summed E-state index contributed by atoms with van der Waals surface area (Å²) in [5.41, 5.74) is 5.29. The van der Waals surface area contributed by atoms with Crippen LogP contribution in [0.4, 0.5) is 14.5 Å². The molecule has 2 aliphatic rings. The number of aliphatic hydroxyl groups excluding tert-OH is 1. The fourth-order valence-electron chi connectivity index (χ4n) is 4.91. The molecule has 0 radical (unpaired) electrons. The number of nitrogens with two attached hydrogens (primary N) is 1. The van der Waals surface area contributed by atoms with Gasteiger partial charge in [0.05, 0.1) is 12.6 Å². The third-order valence-electron chi connectivity index (χ3n) is 7.16. The number of para-hydroxylation sites is 1. The first-order valence-electron chi connectivity index (χ1n) is 12.2. The number of nitrogens with one attached hydrogen (secondary N) is 1. The van der Waals surface area contributed by atoms with Crippen molar-refractivity contribution in [1.82, 2.24) is 10.2 Å². The maximum atomic E-state index is 14.3. The predicted molar refractivity (Wildman–Crippen MR) is 127 cm³/mol. The van der Waals surface area contributed by atoms with Crippen LogP contribution < -0.4 is 16.0 Å². The molecule has 7 nitrogen and oxygen atoms in total. The van der Waals surface area contributed by atoms with E-state index in [9.17, 15) is 23.5 Å². The van der Waals surface area contributed by atoms with Crippen molar-refractivity contribution in [3.63, 3.8) is 0 Å². The first kappa shape index (κ1) is 26.5. The second-order valence-corrected chi connectivity index (χ2v) is 10.5. The topological polar surface area (TPSA) is 98.9 Å². The van der Waals surface area contributed by atoms with Gasteiger partial charge in [-0.3, -0.25) is 14.5 Å². The summed E-state index contributed by atoms with van der Waals surface area (Å²) >= 11 is 0. The summed E-state index contributed by atoms with van der Waals surface area (Å²) in [6.07, 6.45) is 4.72. The van der Waals surface area contributed by atoms with Crippen molar-refractivity contribution >= 4 is 17.5 Å². The maximum absolute atomic E-state index is 14.3. The molecule has 2 amide bonds. The molecule has 1 aromatic rings. The van der Waals surface area contributed by atoms with Crippen molar-refractivity contribution in [2.45, 2.75) is 83.0 Å². The molecular formula is C25H38F2N4O3. The lowest BCUT2D eigenvalue weighted by Gasteiger charge is -2.47. The Kier molecular flexibility index (Phi) is 8.65. The number of hydrogen-bond acceptors (Lipinski definition) is 5. The van der Waals surface area contributed by atoms with Gasteiger partial charge in [0.2, 0.25) is 11.8 Å². The highest BCUT2D eigenvalue weighted by Gasteiger charge is 2.41. The van der Waals surface area contributed by atoms with Crippen molar-refractivity contribution in [2.24, 2.45) is 11.7 Å². The van der Waals surface area contributed by atoms with Gasteiger partial charge in [0.1, 0.15) is 17.3 Å². The average molecular weight is 481 g/mol. The molecule has 1 aliphatic heterocycles. The van der Waals surface area contributed by atoms with Crippen LogP contribution in [-0.2, 0) is 9.59 Å². The number of piperazine rings is 1. The predicted octanol–water partition coefficient (Wildman–Crippen LogP) is 2.56. The van der Waals surface area contributed by atoms with Crippen molar-refractivity contribution in [2.75, 3.05) is 24.5 Å². The molecule has 0 spiro atoms. The van der Waals surface area contributed by atoms with E-state index in [4.69, 9.17) is 5.73 Å². The Balaban J connectivity index is 1.57. The lowest BCUT2D eigenvalue weighted by atomic mass is 9.92. The monoisotopic (exact) mass is 480 g/mol. The summed E-state index contributed by atoms with van der Waals surface area (Å²) < 4.78 is 28.5. The van der Waals surface area contributed by atoms with Crippen LogP contribution in [0.1, 0.15) is 59.3 Å². The summed E-state index contributed by atoms with van der Waals surface area (Å²) in [6.45, 7) is 5.72. The van der Waals surface area contributed by atoms with Gasteiger partial charge in [-0.1, -0.05) is 32.3 Å². The zero-order valence-electron chi connectivity index (χ0n) is 20.4. The number of halogens is 2. The van der Waals surface area contributed by atoms with Gasteiger partial charge in [-0.05, 0) is 45.2 Å². The SMILES string of the molecule is C[C@H](C[C@H](O)[C@@H](N)CN1CC(=O)N(c2c(F)cccc2F)CC1(C)C)C(=O)NC1CCCCC1. The van der Waals surface area contributed by atoms with Crippen LogP contribution in [0.5, 0.6) is 0 Å². The maximum Gasteiger partial charge on any atom is 0.241 e. The Morgan fingerprint density at radius 2 is 1.85 bits per heavy atom. The van der Waals surface area contributed by atoms with E-state index in [2.05, 4.69) is 5.32 Å². The van der Waals surface area contributed by atoms with Gasteiger partial charge >= 0.3 is 0 Å². The first-order chi connectivity index (χ1) is 16.0. The summed E-state index contributed by atoms with van der Waals surface area (Å²) in [6, 6.07) is 3.04.